The van der Waals surface area contributed by atoms with E-state index in [0.29, 0.717) is 6.54 Å². The van der Waals surface area contributed by atoms with Gasteiger partial charge in [-0.3, -0.25) is 19.6 Å². The summed E-state index contributed by atoms with van der Waals surface area (Å²) in [6.45, 7) is 2.43. The number of nitro groups is 1. The normalized spacial score (nSPS) is 10.9. The highest BCUT2D eigenvalue weighted by Crippen LogP contribution is 2.13. The molecule has 0 radical (unpaired) electrons. The molecule has 0 N–H and O–H groups in total. The molecule has 0 aliphatic heterocycles. The SMILES string of the molecule is Cc1c(CN(C)C(=O)/C=C/c2ccc([N+](=O)[O-])cc2)cnn1C. The molecule has 1 amide bonds. The summed E-state index contributed by atoms with van der Waals surface area (Å²) in [7, 11) is 3.57. The second kappa shape index (κ2) is 6.87. The van der Waals surface area contributed by atoms with Crippen LogP contribution >= 0.6 is 0 Å². The number of amides is 1. The average Bonchev–Trinajstić information content (AvgIpc) is 2.85. The maximum Gasteiger partial charge on any atom is 0.269 e. The number of nitro benzene ring substituents is 1. The topological polar surface area (TPSA) is 81.3 Å². The van der Waals surface area contributed by atoms with E-state index in [1.54, 1.807) is 41.0 Å². The second-order valence-electron chi connectivity index (χ2n) is 5.26. The monoisotopic (exact) mass is 314 g/mol. The zero-order valence-corrected chi connectivity index (χ0v) is 13.3. The van der Waals surface area contributed by atoms with Crippen LogP contribution in [-0.2, 0) is 18.4 Å². The predicted octanol–water partition coefficient (Wildman–Crippen LogP) is 2.31. The van der Waals surface area contributed by atoms with Crippen molar-refractivity contribution in [1.82, 2.24) is 14.7 Å². The Morgan fingerprint density at radius 2 is 2.04 bits per heavy atom. The Bertz CT molecular complexity index is 747. The molecule has 2 aromatic rings. The first kappa shape index (κ1) is 16.4. The molecule has 0 saturated carbocycles. The Kier molecular flexibility index (Phi) is 4.90. The van der Waals surface area contributed by atoms with Crippen molar-refractivity contribution in [3.63, 3.8) is 0 Å². The van der Waals surface area contributed by atoms with Crippen LogP contribution < -0.4 is 0 Å². The van der Waals surface area contributed by atoms with Crippen LogP contribution in [0.15, 0.2) is 36.5 Å². The quantitative estimate of drug-likeness (QED) is 0.482. The fourth-order valence-corrected chi connectivity index (χ4v) is 2.03. The van der Waals surface area contributed by atoms with Crippen LogP contribution in [0.1, 0.15) is 16.8 Å². The van der Waals surface area contributed by atoms with Crippen LogP contribution in [0.5, 0.6) is 0 Å². The molecule has 2 rings (SSSR count). The lowest BCUT2D eigenvalue weighted by Gasteiger charge is -2.14. The van der Waals surface area contributed by atoms with E-state index in [2.05, 4.69) is 5.10 Å². The van der Waals surface area contributed by atoms with E-state index in [-0.39, 0.29) is 11.6 Å². The van der Waals surface area contributed by atoms with Gasteiger partial charge in [-0.1, -0.05) is 0 Å². The minimum atomic E-state index is -0.456. The van der Waals surface area contributed by atoms with E-state index in [4.69, 9.17) is 0 Å². The molecule has 0 unspecified atom stereocenters. The lowest BCUT2D eigenvalue weighted by Crippen LogP contribution is -2.24. The van der Waals surface area contributed by atoms with Crippen molar-refractivity contribution < 1.29 is 9.72 Å². The Labute approximate surface area is 134 Å². The first-order valence-corrected chi connectivity index (χ1v) is 7.03. The van der Waals surface area contributed by atoms with Crippen LogP contribution in [0.4, 0.5) is 5.69 Å². The number of likely N-dealkylation sites (N-methyl/N-ethyl adjacent to an activating group) is 1. The number of carbonyl (C=O) groups excluding carboxylic acids is 1. The summed E-state index contributed by atoms with van der Waals surface area (Å²) in [5.74, 6) is -0.147. The van der Waals surface area contributed by atoms with E-state index in [1.165, 1.54) is 18.2 Å². The van der Waals surface area contributed by atoms with E-state index in [0.717, 1.165) is 16.8 Å². The van der Waals surface area contributed by atoms with Crippen molar-refractivity contribution in [3.05, 3.63) is 63.5 Å². The molecular formula is C16H18N4O3. The third kappa shape index (κ3) is 4.03. The Hall–Kier alpha value is -2.96. The van der Waals surface area contributed by atoms with Crippen molar-refractivity contribution in [2.24, 2.45) is 7.05 Å². The molecule has 1 heterocycles. The second-order valence-corrected chi connectivity index (χ2v) is 5.26. The standard InChI is InChI=1S/C16H18N4O3/c1-12-14(10-17-19(12)3)11-18(2)16(21)9-6-13-4-7-15(8-5-13)20(22)23/h4-10H,11H2,1-3H3/b9-6+. The molecule has 0 fully saturated rings. The van der Waals surface area contributed by atoms with Crippen molar-refractivity contribution >= 4 is 17.7 Å². The molecule has 0 bridgehead atoms. The first-order chi connectivity index (χ1) is 10.9. The minimum absolute atomic E-state index is 0.0256. The first-order valence-electron chi connectivity index (χ1n) is 7.03. The fraction of sp³-hybridized carbons (Fsp3) is 0.250. The van der Waals surface area contributed by atoms with Gasteiger partial charge in [0.05, 0.1) is 11.1 Å². The van der Waals surface area contributed by atoms with E-state index in [9.17, 15) is 14.9 Å². The van der Waals surface area contributed by atoms with Crippen molar-refractivity contribution in [2.75, 3.05) is 7.05 Å². The van der Waals surface area contributed by atoms with Crippen LogP contribution in [-0.4, -0.2) is 32.6 Å². The zero-order valence-electron chi connectivity index (χ0n) is 13.3. The van der Waals surface area contributed by atoms with Gasteiger partial charge in [-0.2, -0.15) is 5.10 Å². The van der Waals surface area contributed by atoms with Crippen LogP contribution in [0.25, 0.3) is 6.08 Å². The number of aryl methyl sites for hydroxylation is 1. The van der Waals surface area contributed by atoms with Crippen LogP contribution in [0.2, 0.25) is 0 Å². The van der Waals surface area contributed by atoms with Gasteiger partial charge in [-0.25, -0.2) is 0 Å². The van der Waals surface area contributed by atoms with Crippen molar-refractivity contribution in [1.29, 1.82) is 0 Å². The van der Waals surface area contributed by atoms with E-state index in [1.807, 2.05) is 14.0 Å². The molecule has 1 aromatic carbocycles. The number of carbonyl (C=O) groups is 1. The van der Waals surface area contributed by atoms with Gasteiger partial charge < -0.3 is 4.90 Å². The van der Waals surface area contributed by atoms with Crippen molar-refractivity contribution in [2.45, 2.75) is 13.5 Å². The molecule has 0 spiro atoms. The molecule has 120 valence electrons. The maximum absolute atomic E-state index is 12.1. The van der Waals surface area contributed by atoms with Gasteiger partial charge in [-0.15, -0.1) is 0 Å². The maximum atomic E-state index is 12.1. The predicted molar refractivity (Wildman–Crippen MR) is 86.5 cm³/mol. The number of hydrogen-bond donors (Lipinski definition) is 0. The fourth-order valence-electron chi connectivity index (χ4n) is 2.03. The number of aromatic nitrogens is 2. The van der Waals surface area contributed by atoms with Gasteiger partial charge in [0.25, 0.3) is 5.69 Å². The summed E-state index contributed by atoms with van der Waals surface area (Å²) in [6, 6.07) is 6.03. The Morgan fingerprint density at radius 1 is 1.39 bits per heavy atom. The van der Waals surface area contributed by atoms with Gasteiger partial charge in [0.1, 0.15) is 0 Å². The molecule has 23 heavy (non-hydrogen) atoms. The summed E-state index contributed by atoms with van der Waals surface area (Å²) in [4.78, 5) is 23.8. The smallest absolute Gasteiger partial charge is 0.269 e. The van der Waals surface area contributed by atoms with Crippen LogP contribution in [0, 0.1) is 17.0 Å². The Balaban J connectivity index is 2.00. The molecule has 0 aliphatic rings. The van der Waals surface area contributed by atoms with Gasteiger partial charge in [-0.05, 0) is 30.7 Å². The van der Waals surface area contributed by atoms with Crippen LogP contribution in [0.3, 0.4) is 0 Å². The summed E-state index contributed by atoms with van der Waals surface area (Å²) in [5, 5.41) is 14.7. The van der Waals surface area contributed by atoms with Gasteiger partial charge in [0.15, 0.2) is 0 Å². The summed E-state index contributed by atoms with van der Waals surface area (Å²) >= 11 is 0. The number of rotatable bonds is 5. The van der Waals surface area contributed by atoms with Gasteiger partial charge >= 0.3 is 0 Å². The molecular weight excluding hydrogens is 296 g/mol. The molecule has 1 aromatic heterocycles. The van der Waals surface area contributed by atoms with Gasteiger partial charge in [0.2, 0.25) is 5.91 Å². The van der Waals surface area contributed by atoms with Gasteiger partial charge in [0, 0.05) is 50.1 Å². The summed E-state index contributed by atoms with van der Waals surface area (Å²) in [5.41, 5.74) is 2.77. The minimum Gasteiger partial charge on any atom is -0.338 e. The Morgan fingerprint density at radius 3 is 2.57 bits per heavy atom. The lowest BCUT2D eigenvalue weighted by atomic mass is 10.2. The lowest BCUT2D eigenvalue weighted by molar-refractivity contribution is -0.384. The number of nitrogens with zero attached hydrogens (tertiary/aromatic N) is 4. The zero-order chi connectivity index (χ0) is 17.0. The van der Waals surface area contributed by atoms with E-state index >= 15 is 0 Å². The molecule has 7 heteroatoms. The summed E-state index contributed by atoms with van der Waals surface area (Å²) < 4.78 is 1.76. The molecule has 7 nitrogen and oxygen atoms in total. The molecule has 0 saturated heterocycles. The van der Waals surface area contributed by atoms with Crippen molar-refractivity contribution in [3.8, 4) is 0 Å². The highest BCUT2D eigenvalue weighted by molar-refractivity contribution is 5.91. The third-order valence-corrected chi connectivity index (χ3v) is 3.64. The third-order valence-electron chi connectivity index (χ3n) is 3.64. The highest BCUT2D eigenvalue weighted by Gasteiger charge is 2.10. The number of benzene rings is 1. The number of non-ortho nitro benzene ring substituents is 1. The average molecular weight is 314 g/mol. The summed E-state index contributed by atoms with van der Waals surface area (Å²) in [6.07, 6.45) is 4.84. The number of hydrogen-bond acceptors (Lipinski definition) is 4. The highest BCUT2D eigenvalue weighted by atomic mass is 16.6. The molecule has 0 aliphatic carbocycles. The van der Waals surface area contributed by atoms with E-state index < -0.39 is 4.92 Å². The largest absolute Gasteiger partial charge is 0.338 e. The molecule has 0 atom stereocenters.